The van der Waals surface area contributed by atoms with Crippen molar-refractivity contribution in [2.24, 2.45) is 5.92 Å². The zero-order valence-corrected chi connectivity index (χ0v) is 9.76. The molecule has 0 saturated heterocycles. The van der Waals surface area contributed by atoms with Gasteiger partial charge in [-0.15, -0.1) is 0 Å². The number of benzene rings is 1. The maximum absolute atomic E-state index is 3.27. The second kappa shape index (κ2) is 5.34. The maximum Gasteiger partial charge on any atom is -0.0178 e. The average molecular weight is 201 g/mol. The molecule has 1 radical (unpaired) electrons. The number of aryl methyl sites for hydroxylation is 1. The van der Waals surface area contributed by atoms with E-state index in [4.69, 9.17) is 0 Å². The Morgan fingerprint density at radius 2 is 1.87 bits per heavy atom. The molecule has 0 unspecified atom stereocenters. The van der Waals surface area contributed by atoms with Gasteiger partial charge in [0.2, 0.25) is 0 Å². The van der Waals surface area contributed by atoms with Gasteiger partial charge in [0.15, 0.2) is 0 Å². The van der Waals surface area contributed by atoms with Gasteiger partial charge in [-0.1, -0.05) is 57.2 Å². The van der Waals surface area contributed by atoms with Crippen LogP contribution in [0.1, 0.15) is 50.2 Å². The van der Waals surface area contributed by atoms with Gasteiger partial charge in [-0.25, -0.2) is 0 Å². The van der Waals surface area contributed by atoms with Crippen LogP contribution in [0.25, 0.3) is 0 Å². The Labute approximate surface area is 93.7 Å². The molecule has 1 saturated carbocycles. The van der Waals surface area contributed by atoms with Crippen LogP contribution in [0.15, 0.2) is 18.2 Å². The number of rotatable bonds is 3. The Kier molecular flexibility index (Phi) is 3.82. The minimum atomic E-state index is 0.944. The maximum atomic E-state index is 3.27. The predicted octanol–water partition coefficient (Wildman–Crippen LogP) is 4.17. The fourth-order valence-corrected chi connectivity index (χ4v) is 2.62. The highest BCUT2D eigenvalue weighted by Gasteiger charge is 2.13. The standard InChI is InChI=1S/C15H21/c1-2-13-9-6-10-15(11-13)12-14-7-4-3-5-8-14/h9-11,14H,2-5,7-8,12H2,1H3. The molecule has 2 rings (SSSR count). The van der Waals surface area contributed by atoms with Crippen LogP contribution in [-0.4, -0.2) is 0 Å². The number of hydrogen-bond acceptors (Lipinski definition) is 0. The molecule has 1 aliphatic carbocycles. The van der Waals surface area contributed by atoms with Crippen LogP contribution < -0.4 is 0 Å². The fraction of sp³-hybridized carbons (Fsp3) is 0.600. The van der Waals surface area contributed by atoms with Gasteiger partial charge < -0.3 is 0 Å². The van der Waals surface area contributed by atoms with Crippen molar-refractivity contribution in [2.75, 3.05) is 0 Å². The largest absolute Gasteiger partial charge is 0.0613 e. The monoisotopic (exact) mass is 201 g/mol. The average Bonchev–Trinajstić information content (AvgIpc) is 2.31. The minimum Gasteiger partial charge on any atom is -0.0613 e. The zero-order valence-electron chi connectivity index (χ0n) is 9.76. The van der Waals surface area contributed by atoms with Crippen molar-refractivity contribution < 1.29 is 0 Å². The number of hydrogen-bond donors (Lipinski definition) is 0. The summed E-state index contributed by atoms with van der Waals surface area (Å²) in [5, 5.41) is 0. The summed E-state index contributed by atoms with van der Waals surface area (Å²) in [6.45, 7) is 2.22. The first-order valence-electron chi connectivity index (χ1n) is 6.37. The topological polar surface area (TPSA) is 0 Å². The van der Waals surface area contributed by atoms with Crippen molar-refractivity contribution in [1.82, 2.24) is 0 Å². The first-order valence-corrected chi connectivity index (χ1v) is 6.37. The minimum absolute atomic E-state index is 0.944. The first-order chi connectivity index (χ1) is 7.38. The molecular weight excluding hydrogens is 180 g/mol. The second-order valence-corrected chi connectivity index (χ2v) is 4.81. The molecule has 0 heteroatoms. The Morgan fingerprint density at radius 1 is 1.13 bits per heavy atom. The quantitative estimate of drug-likeness (QED) is 0.688. The molecule has 0 aromatic heterocycles. The molecule has 0 heterocycles. The molecule has 0 amide bonds. The molecule has 0 bridgehead atoms. The Hall–Kier alpha value is -0.780. The lowest BCUT2D eigenvalue weighted by Crippen LogP contribution is -2.09. The van der Waals surface area contributed by atoms with Crippen LogP contribution in [0.5, 0.6) is 0 Å². The molecule has 81 valence electrons. The fourth-order valence-electron chi connectivity index (χ4n) is 2.62. The van der Waals surface area contributed by atoms with Crippen molar-refractivity contribution in [3.63, 3.8) is 0 Å². The summed E-state index contributed by atoms with van der Waals surface area (Å²) in [5.74, 6) is 0.944. The SMILES string of the molecule is CCc1c[c]cc(CC2CCCCC2)c1. The molecular formula is C15H21. The lowest BCUT2D eigenvalue weighted by molar-refractivity contribution is 0.356. The Morgan fingerprint density at radius 3 is 2.60 bits per heavy atom. The van der Waals surface area contributed by atoms with E-state index in [1.165, 1.54) is 49.7 Å². The summed E-state index contributed by atoms with van der Waals surface area (Å²) in [5.41, 5.74) is 2.93. The molecule has 1 aromatic rings. The molecule has 15 heavy (non-hydrogen) atoms. The lowest BCUT2D eigenvalue weighted by atomic mass is 9.84. The van der Waals surface area contributed by atoms with Crippen LogP contribution in [0, 0.1) is 12.0 Å². The second-order valence-electron chi connectivity index (χ2n) is 4.81. The molecule has 0 aliphatic heterocycles. The summed E-state index contributed by atoms with van der Waals surface area (Å²) in [4.78, 5) is 0. The summed E-state index contributed by atoms with van der Waals surface area (Å²) in [7, 11) is 0. The van der Waals surface area contributed by atoms with Gasteiger partial charge in [0.25, 0.3) is 0 Å². The van der Waals surface area contributed by atoms with E-state index in [0.717, 1.165) is 12.3 Å². The van der Waals surface area contributed by atoms with E-state index in [0.29, 0.717) is 0 Å². The van der Waals surface area contributed by atoms with Gasteiger partial charge in [0.1, 0.15) is 0 Å². The van der Waals surface area contributed by atoms with Gasteiger partial charge in [-0.3, -0.25) is 0 Å². The molecule has 1 aromatic carbocycles. The first kappa shape index (κ1) is 10.7. The van der Waals surface area contributed by atoms with Crippen LogP contribution in [0.4, 0.5) is 0 Å². The predicted molar refractivity (Wildman–Crippen MR) is 64.9 cm³/mol. The van der Waals surface area contributed by atoms with Crippen LogP contribution in [0.2, 0.25) is 0 Å². The van der Waals surface area contributed by atoms with Gasteiger partial charge in [0, 0.05) is 0 Å². The molecule has 1 aliphatic rings. The molecule has 1 fully saturated rings. The van der Waals surface area contributed by atoms with E-state index >= 15 is 0 Å². The molecule has 0 atom stereocenters. The van der Waals surface area contributed by atoms with Gasteiger partial charge >= 0.3 is 0 Å². The smallest absolute Gasteiger partial charge is 0.0178 e. The third-order valence-corrected chi connectivity index (χ3v) is 3.57. The third kappa shape index (κ3) is 3.09. The van der Waals surface area contributed by atoms with Gasteiger partial charge in [0.05, 0.1) is 0 Å². The van der Waals surface area contributed by atoms with E-state index in [-0.39, 0.29) is 0 Å². The van der Waals surface area contributed by atoms with E-state index in [1.54, 1.807) is 0 Å². The van der Waals surface area contributed by atoms with E-state index in [2.05, 4.69) is 31.2 Å². The van der Waals surface area contributed by atoms with Gasteiger partial charge in [-0.05, 0) is 36.0 Å². The van der Waals surface area contributed by atoms with Crippen molar-refractivity contribution in [2.45, 2.75) is 51.9 Å². The van der Waals surface area contributed by atoms with Crippen LogP contribution in [0.3, 0.4) is 0 Å². The Bertz CT molecular complexity index is 295. The van der Waals surface area contributed by atoms with Crippen molar-refractivity contribution >= 4 is 0 Å². The molecule has 0 spiro atoms. The van der Waals surface area contributed by atoms with E-state index in [1.807, 2.05) is 0 Å². The zero-order chi connectivity index (χ0) is 10.5. The summed E-state index contributed by atoms with van der Waals surface area (Å²) in [6, 6.07) is 9.93. The van der Waals surface area contributed by atoms with Crippen molar-refractivity contribution in [1.29, 1.82) is 0 Å². The van der Waals surface area contributed by atoms with E-state index in [9.17, 15) is 0 Å². The molecule has 0 N–H and O–H groups in total. The molecule has 0 nitrogen and oxygen atoms in total. The Balaban J connectivity index is 1.96. The normalized spacial score (nSPS) is 17.9. The van der Waals surface area contributed by atoms with Gasteiger partial charge in [-0.2, -0.15) is 0 Å². The van der Waals surface area contributed by atoms with Crippen LogP contribution >= 0.6 is 0 Å². The van der Waals surface area contributed by atoms with Crippen molar-refractivity contribution in [3.8, 4) is 0 Å². The van der Waals surface area contributed by atoms with Crippen LogP contribution in [-0.2, 0) is 12.8 Å². The third-order valence-electron chi connectivity index (χ3n) is 3.57. The highest BCUT2D eigenvalue weighted by molar-refractivity contribution is 5.23. The highest BCUT2D eigenvalue weighted by atomic mass is 14.2. The van der Waals surface area contributed by atoms with Crippen molar-refractivity contribution in [3.05, 3.63) is 35.4 Å². The van der Waals surface area contributed by atoms with E-state index < -0.39 is 0 Å². The summed E-state index contributed by atoms with van der Waals surface area (Å²) in [6.07, 6.45) is 9.65. The lowest BCUT2D eigenvalue weighted by Gasteiger charge is -2.21. The summed E-state index contributed by atoms with van der Waals surface area (Å²) < 4.78 is 0. The highest BCUT2D eigenvalue weighted by Crippen LogP contribution is 2.26. The summed E-state index contributed by atoms with van der Waals surface area (Å²) >= 11 is 0.